The van der Waals surface area contributed by atoms with E-state index in [9.17, 15) is 0 Å². The van der Waals surface area contributed by atoms with E-state index in [1.807, 2.05) is 36.4 Å². The molecule has 3 rings (SSSR count). The van der Waals surface area contributed by atoms with E-state index in [1.54, 1.807) is 20.3 Å². The van der Waals surface area contributed by atoms with Gasteiger partial charge in [-0.25, -0.2) is 0 Å². The van der Waals surface area contributed by atoms with E-state index in [0.717, 1.165) is 11.3 Å². The van der Waals surface area contributed by atoms with Crippen molar-refractivity contribution in [2.45, 2.75) is 6.54 Å². The molecular weight excluding hydrogens is 354 g/mol. The van der Waals surface area contributed by atoms with Gasteiger partial charge in [0.15, 0.2) is 5.82 Å². The predicted molar refractivity (Wildman–Crippen MR) is 101 cm³/mol. The summed E-state index contributed by atoms with van der Waals surface area (Å²) in [7, 11) is 3.20. The van der Waals surface area contributed by atoms with Crippen LogP contribution in [0, 0.1) is 0 Å². The molecule has 0 aliphatic rings. The van der Waals surface area contributed by atoms with Crippen molar-refractivity contribution in [2.75, 3.05) is 24.9 Å². The van der Waals surface area contributed by atoms with E-state index >= 15 is 0 Å². The van der Waals surface area contributed by atoms with Gasteiger partial charge >= 0.3 is 0 Å². The molecule has 0 bridgehead atoms. The van der Waals surface area contributed by atoms with E-state index in [1.165, 1.54) is 6.20 Å². The van der Waals surface area contributed by atoms with Crippen molar-refractivity contribution in [1.29, 1.82) is 0 Å². The molecular formula is C18H18ClN5O2. The highest BCUT2D eigenvalue weighted by molar-refractivity contribution is 6.30. The van der Waals surface area contributed by atoms with Crippen molar-refractivity contribution >= 4 is 29.1 Å². The van der Waals surface area contributed by atoms with Crippen molar-refractivity contribution in [3.05, 3.63) is 59.2 Å². The standard InChI is InChI=1S/C18H18ClN5O2/c1-25-14-7-8-15(16(9-14)26-2)22-17-11-21-24-18(23-17)20-10-12-3-5-13(19)6-4-12/h3-9,11H,10H2,1-2H3,(H2,20,22,23,24). The topological polar surface area (TPSA) is 81.2 Å². The van der Waals surface area contributed by atoms with Crippen molar-refractivity contribution in [3.8, 4) is 11.5 Å². The first-order chi connectivity index (χ1) is 12.7. The van der Waals surface area contributed by atoms with Gasteiger partial charge in [-0.05, 0) is 29.8 Å². The zero-order valence-electron chi connectivity index (χ0n) is 14.4. The van der Waals surface area contributed by atoms with Crippen molar-refractivity contribution in [2.24, 2.45) is 0 Å². The molecule has 0 amide bonds. The van der Waals surface area contributed by atoms with E-state index in [0.29, 0.717) is 34.8 Å². The van der Waals surface area contributed by atoms with Crippen molar-refractivity contribution in [1.82, 2.24) is 15.2 Å². The molecule has 0 saturated heterocycles. The van der Waals surface area contributed by atoms with Crippen LogP contribution in [0.2, 0.25) is 5.02 Å². The lowest BCUT2D eigenvalue weighted by molar-refractivity contribution is 0.395. The Balaban J connectivity index is 1.70. The molecule has 0 fully saturated rings. The number of anilines is 3. The lowest BCUT2D eigenvalue weighted by Gasteiger charge is -2.12. The molecule has 26 heavy (non-hydrogen) atoms. The van der Waals surface area contributed by atoms with Crippen LogP contribution in [0.1, 0.15) is 5.56 Å². The first-order valence-corrected chi connectivity index (χ1v) is 8.23. The Bertz CT molecular complexity index is 874. The Kier molecular flexibility index (Phi) is 5.70. The normalized spacial score (nSPS) is 10.3. The molecule has 1 aromatic heterocycles. The van der Waals surface area contributed by atoms with Gasteiger partial charge in [0, 0.05) is 17.6 Å². The minimum atomic E-state index is 0.414. The molecule has 134 valence electrons. The van der Waals surface area contributed by atoms with Crippen LogP contribution in [0.25, 0.3) is 0 Å². The lowest BCUT2D eigenvalue weighted by atomic mass is 10.2. The van der Waals surface area contributed by atoms with Gasteiger partial charge < -0.3 is 20.1 Å². The number of ether oxygens (including phenoxy) is 2. The van der Waals surface area contributed by atoms with Gasteiger partial charge in [-0.1, -0.05) is 23.7 Å². The largest absolute Gasteiger partial charge is 0.497 e. The number of hydrogen-bond donors (Lipinski definition) is 2. The van der Waals surface area contributed by atoms with Gasteiger partial charge in [-0.2, -0.15) is 10.1 Å². The van der Waals surface area contributed by atoms with Crippen LogP contribution in [0.15, 0.2) is 48.7 Å². The number of hydrogen-bond acceptors (Lipinski definition) is 7. The fourth-order valence-electron chi connectivity index (χ4n) is 2.26. The van der Waals surface area contributed by atoms with E-state index in [-0.39, 0.29) is 0 Å². The molecule has 3 aromatic rings. The Morgan fingerprint density at radius 3 is 2.58 bits per heavy atom. The quantitative estimate of drug-likeness (QED) is 0.651. The number of nitrogens with one attached hydrogen (secondary N) is 2. The molecule has 7 nitrogen and oxygen atoms in total. The molecule has 2 aromatic carbocycles. The first kappa shape index (κ1) is 17.8. The van der Waals surface area contributed by atoms with Gasteiger partial charge in [-0.3, -0.25) is 0 Å². The maximum absolute atomic E-state index is 5.89. The van der Waals surface area contributed by atoms with Gasteiger partial charge in [0.25, 0.3) is 0 Å². The van der Waals surface area contributed by atoms with Crippen molar-refractivity contribution < 1.29 is 9.47 Å². The first-order valence-electron chi connectivity index (χ1n) is 7.85. The summed E-state index contributed by atoms with van der Waals surface area (Å²) in [6.45, 7) is 0.564. The van der Waals surface area contributed by atoms with Gasteiger partial charge in [0.05, 0.1) is 26.1 Å². The second-order valence-corrected chi connectivity index (χ2v) is 5.77. The molecule has 0 atom stereocenters. The lowest BCUT2D eigenvalue weighted by Crippen LogP contribution is -2.06. The molecule has 8 heteroatoms. The summed E-state index contributed by atoms with van der Waals surface area (Å²) >= 11 is 5.89. The van der Waals surface area contributed by atoms with Crippen LogP contribution in [0.5, 0.6) is 11.5 Å². The Morgan fingerprint density at radius 1 is 1.04 bits per heavy atom. The number of rotatable bonds is 7. The third-order valence-corrected chi connectivity index (χ3v) is 3.85. The summed E-state index contributed by atoms with van der Waals surface area (Å²) in [6, 6.07) is 13.0. The summed E-state index contributed by atoms with van der Waals surface area (Å²) in [5.41, 5.74) is 1.81. The molecule has 0 spiro atoms. The molecule has 0 aliphatic heterocycles. The molecule has 1 heterocycles. The third-order valence-electron chi connectivity index (χ3n) is 3.59. The van der Waals surface area contributed by atoms with E-state index in [4.69, 9.17) is 21.1 Å². The molecule has 0 aliphatic carbocycles. The maximum atomic E-state index is 5.89. The summed E-state index contributed by atoms with van der Waals surface area (Å²) in [5, 5.41) is 15.0. The molecule has 0 saturated carbocycles. The number of nitrogens with zero attached hydrogens (tertiary/aromatic N) is 3. The van der Waals surface area contributed by atoms with Crippen LogP contribution >= 0.6 is 11.6 Å². The fourth-order valence-corrected chi connectivity index (χ4v) is 2.39. The Labute approximate surface area is 156 Å². The molecule has 2 N–H and O–H groups in total. The van der Waals surface area contributed by atoms with Crippen molar-refractivity contribution in [3.63, 3.8) is 0 Å². The van der Waals surface area contributed by atoms with Gasteiger partial charge in [0.1, 0.15) is 11.5 Å². The molecule has 0 unspecified atom stereocenters. The van der Waals surface area contributed by atoms with Gasteiger partial charge in [0.2, 0.25) is 5.95 Å². The highest BCUT2D eigenvalue weighted by atomic mass is 35.5. The summed E-state index contributed by atoms with van der Waals surface area (Å²) in [5.74, 6) is 2.30. The van der Waals surface area contributed by atoms with E-state index < -0.39 is 0 Å². The summed E-state index contributed by atoms with van der Waals surface area (Å²) < 4.78 is 10.6. The number of aromatic nitrogens is 3. The predicted octanol–water partition coefficient (Wildman–Crippen LogP) is 3.90. The van der Waals surface area contributed by atoms with Crippen LogP contribution in [-0.2, 0) is 6.54 Å². The van der Waals surface area contributed by atoms with E-state index in [2.05, 4.69) is 25.8 Å². The Hall–Kier alpha value is -3.06. The number of benzene rings is 2. The minimum Gasteiger partial charge on any atom is -0.497 e. The zero-order chi connectivity index (χ0) is 18.4. The number of methoxy groups -OCH3 is 2. The summed E-state index contributed by atoms with van der Waals surface area (Å²) in [4.78, 5) is 4.41. The summed E-state index contributed by atoms with van der Waals surface area (Å²) in [6.07, 6.45) is 1.54. The van der Waals surface area contributed by atoms with Crippen LogP contribution in [0.4, 0.5) is 17.5 Å². The zero-order valence-corrected chi connectivity index (χ0v) is 15.1. The smallest absolute Gasteiger partial charge is 0.244 e. The van der Waals surface area contributed by atoms with Crippen LogP contribution in [-0.4, -0.2) is 29.4 Å². The van der Waals surface area contributed by atoms with Crippen LogP contribution < -0.4 is 20.1 Å². The van der Waals surface area contributed by atoms with Gasteiger partial charge in [-0.15, -0.1) is 5.10 Å². The highest BCUT2D eigenvalue weighted by Gasteiger charge is 2.07. The molecule has 0 radical (unpaired) electrons. The maximum Gasteiger partial charge on any atom is 0.244 e. The number of halogens is 1. The van der Waals surface area contributed by atoms with Crippen LogP contribution in [0.3, 0.4) is 0 Å². The monoisotopic (exact) mass is 371 g/mol. The average molecular weight is 372 g/mol. The average Bonchev–Trinajstić information content (AvgIpc) is 2.68. The highest BCUT2D eigenvalue weighted by Crippen LogP contribution is 2.30. The Morgan fingerprint density at radius 2 is 1.85 bits per heavy atom. The fraction of sp³-hybridized carbons (Fsp3) is 0.167. The third kappa shape index (κ3) is 4.52. The minimum absolute atomic E-state index is 0.414. The SMILES string of the molecule is COc1ccc(Nc2cnnc(NCc3ccc(Cl)cc3)n2)c(OC)c1. The second kappa shape index (κ2) is 8.35. The second-order valence-electron chi connectivity index (χ2n) is 5.34.